The highest BCUT2D eigenvalue weighted by Gasteiger charge is 2.32. The van der Waals surface area contributed by atoms with Gasteiger partial charge >= 0.3 is 6.18 Å². The molecule has 1 aromatic heterocycles. The summed E-state index contributed by atoms with van der Waals surface area (Å²) in [5, 5.41) is 0.242. The van der Waals surface area contributed by atoms with Crippen LogP contribution in [0.1, 0.15) is 11.1 Å². The number of aromatic nitrogens is 1. The van der Waals surface area contributed by atoms with Gasteiger partial charge in [-0.1, -0.05) is 11.6 Å². The smallest absolute Gasteiger partial charge is 0.350 e. The monoisotopic (exact) mass is 291 g/mol. The fraction of sp³-hybridized carbons (Fsp3) is 0.231. The minimum absolute atomic E-state index is 0.0971. The zero-order valence-electron chi connectivity index (χ0n) is 10.1. The molecule has 0 atom stereocenters. The van der Waals surface area contributed by atoms with E-state index in [9.17, 15) is 17.6 Å². The fourth-order valence-corrected chi connectivity index (χ4v) is 1.99. The molecule has 0 saturated heterocycles. The third-order valence-corrected chi connectivity index (χ3v) is 3.26. The lowest BCUT2D eigenvalue weighted by atomic mass is 10.1. The van der Waals surface area contributed by atoms with E-state index >= 15 is 0 Å². The standard InChI is InChI=1S/C13H10ClF4N/c1-7-3-9(11(15)5-10(7)14)12-4-8(6-19(12)2)13(16,17)18/h3-6H,1-2H3. The second-order valence-corrected chi connectivity index (χ2v) is 4.71. The Kier molecular flexibility index (Phi) is 3.34. The van der Waals surface area contributed by atoms with Crippen molar-refractivity contribution in [2.24, 2.45) is 7.05 Å². The molecule has 0 aliphatic heterocycles. The summed E-state index contributed by atoms with van der Waals surface area (Å²) in [5.74, 6) is -0.648. The molecular formula is C13H10ClF4N. The predicted octanol–water partition coefficient (Wildman–Crippen LogP) is 4.81. The third-order valence-electron chi connectivity index (χ3n) is 2.86. The van der Waals surface area contributed by atoms with Gasteiger partial charge in [-0.2, -0.15) is 13.2 Å². The van der Waals surface area contributed by atoms with Crippen LogP contribution in [0.3, 0.4) is 0 Å². The minimum Gasteiger partial charge on any atom is -0.350 e. The first kappa shape index (κ1) is 13.9. The molecule has 102 valence electrons. The van der Waals surface area contributed by atoms with Crippen LogP contribution >= 0.6 is 11.6 Å². The largest absolute Gasteiger partial charge is 0.417 e. The molecule has 0 unspecified atom stereocenters. The zero-order chi connectivity index (χ0) is 14.4. The van der Waals surface area contributed by atoms with E-state index in [1.807, 2.05) is 0 Å². The summed E-state index contributed by atoms with van der Waals surface area (Å²) in [7, 11) is 1.44. The summed E-state index contributed by atoms with van der Waals surface area (Å²) in [6.07, 6.45) is -3.52. The molecule has 0 bridgehead atoms. The van der Waals surface area contributed by atoms with Gasteiger partial charge in [-0.3, -0.25) is 0 Å². The minimum atomic E-state index is -4.45. The molecule has 1 nitrogen and oxygen atoms in total. The first-order valence-electron chi connectivity index (χ1n) is 5.39. The molecule has 0 amide bonds. The predicted molar refractivity (Wildman–Crippen MR) is 65.6 cm³/mol. The summed E-state index contributed by atoms with van der Waals surface area (Å²) in [5.41, 5.74) is 0.0503. The Balaban J connectivity index is 2.60. The lowest BCUT2D eigenvalue weighted by molar-refractivity contribution is -0.137. The molecule has 0 spiro atoms. The van der Waals surface area contributed by atoms with Crippen molar-refractivity contribution in [2.75, 3.05) is 0 Å². The van der Waals surface area contributed by atoms with Gasteiger partial charge in [0.15, 0.2) is 0 Å². The van der Waals surface area contributed by atoms with E-state index in [4.69, 9.17) is 11.6 Å². The Bertz CT molecular complexity index is 628. The van der Waals surface area contributed by atoms with Gasteiger partial charge in [0, 0.05) is 23.8 Å². The molecule has 1 heterocycles. The van der Waals surface area contributed by atoms with Crippen molar-refractivity contribution in [3.05, 3.63) is 46.4 Å². The van der Waals surface area contributed by atoms with E-state index in [2.05, 4.69) is 0 Å². The molecule has 6 heteroatoms. The summed E-state index contributed by atoms with van der Waals surface area (Å²) in [6.45, 7) is 1.67. The first-order chi connectivity index (χ1) is 8.70. The van der Waals surface area contributed by atoms with E-state index < -0.39 is 17.6 Å². The number of hydrogen-bond acceptors (Lipinski definition) is 0. The first-order valence-corrected chi connectivity index (χ1v) is 5.77. The number of alkyl halides is 3. The van der Waals surface area contributed by atoms with Gasteiger partial charge < -0.3 is 4.57 Å². The zero-order valence-corrected chi connectivity index (χ0v) is 10.9. The second kappa shape index (κ2) is 4.56. The molecule has 0 aliphatic rings. The Labute approximate surface area is 112 Å². The Morgan fingerprint density at radius 1 is 1.16 bits per heavy atom. The fourth-order valence-electron chi connectivity index (χ4n) is 1.84. The Morgan fingerprint density at radius 3 is 2.32 bits per heavy atom. The number of hydrogen-bond donors (Lipinski definition) is 0. The van der Waals surface area contributed by atoms with E-state index in [-0.39, 0.29) is 16.3 Å². The summed E-state index contributed by atoms with van der Waals surface area (Å²) in [6, 6.07) is 3.46. The quantitative estimate of drug-likeness (QED) is 0.664. The summed E-state index contributed by atoms with van der Waals surface area (Å²) >= 11 is 5.76. The average molecular weight is 292 g/mol. The molecule has 2 aromatic rings. The molecule has 0 radical (unpaired) electrons. The SMILES string of the molecule is Cc1cc(-c2cc(C(F)(F)F)cn2C)c(F)cc1Cl. The van der Waals surface area contributed by atoms with Crippen LogP contribution in [0.5, 0.6) is 0 Å². The van der Waals surface area contributed by atoms with E-state index in [0.29, 0.717) is 5.56 Å². The molecular weight excluding hydrogens is 282 g/mol. The third kappa shape index (κ3) is 2.61. The van der Waals surface area contributed by atoms with Crippen LogP contribution in [-0.2, 0) is 13.2 Å². The van der Waals surface area contributed by atoms with Crippen molar-refractivity contribution in [3.8, 4) is 11.3 Å². The maximum Gasteiger partial charge on any atom is 0.417 e. The van der Waals surface area contributed by atoms with Crippen LogP contribution in [-0.4, -0.2) is 4.57 Å². The highest BCUT2D eigenvalue weighted by molar-refractivity contribution is 6.31. The molecule has 19 heavy (non-hydrogen) atoms. The van der Waals surface area contributed by atoms with Crippen molar-refractivity contribution in [1.82, 2.24) is 4.57 Å². The highest BCUT2D eigenvalue weighted by atomic mass is 35.5. The Hall–Kier alpha value is -1.49. The van der Waals surface area contributed by atoms with Crippen LogP contribution in [0.25, 0.3) is 11.3 Å². The van der Waals surface area contributed by atoms with E-state index in [1.165, 1.54) is 17.7 Å². The normalized spacial score (nSPS) is 11.9. The number of nitrogens with zero attached hydrogens (tertiary/aromatic N) is 1. The van der Waals surface area contributed by atoms with Crippen molar-refractivity contribution in [2.45, 2.75) is 13.1 Å². The lowest BCUT2D eigenvalue weighted by Crippen LogP contribution is -2.02. The number of rotatable bonds is 1. The van der Waals surface area contributed by atoms with Crippen LogP contribution in [0.2, 0.25) is 5.02 Å². The van der Waals surface area contributed by atoms with E-state index in [1.54, 1.807) is 6.92 Å². The maximum atomic E-state index is 13.8. The van der Waals surface area contributed by atoms with Crippen molar-refractivity contribution >= 4 is 11.6 Å². The van der Waals surface area contributed by atoms with Gasteiger partial charge in [-0.15, -0.1) is 0 Å². The van der Waals surface area contributed by atoms with Gasteiger partial charge in [0.05, 0.1) is 11.3 Å². The van der Waals surface area contributed by atoms with Crippen LogP contribution in [0, 0.1) is 12.7 Å². The lowest BCUT2D eigenvalue weighted by Gasteiger charge is -2.07. The number of benzene rings is 1. The second-order valence-electron chi connectivity index (χ2n) is 4.30. The van der Waals surface area contributed by atoms with Gasteiger partial charge in [0.1, 0.15) is 5.82 Å². The highest BCUT2D eigenvalue weighted by Crippen LogP contribution is 2.35. The molecule has 1 aromatic carbocycles. The topological polar surface area (TPSA) is 4.93 Å². The van der Waals surface area contributed by atoms with Gasteiger partial charge in [0.2, 0.25) is 0 Å². The average Bonchev–Trinajstić information content (AvgIpc) is 2.65. The molecule has 0 fully saturated rings. The van der Waals surface area contributed by atoms with Gasteiger partial charge in [-0.25, -0.2) is 4.39 Å². The summed E-state index contributed by atoms with van der Waals surface area (Å²) < 4.78 is 52.9. The van der Waals surface area contributed by atoms with Gasteiger partial charge in [0.25, 0.3) is 0 Å². The van der Waals surface area contributed by atoms with Crippen LogP contribution < -0.4 is 0 Å². The molecule has 0 N–H and O–H groups in total. The maximum absolute atomic E-state index is 13.8. The summed E-state index contributed by atoms with van der Waals surface area (Å²) in [4.78, 5) is 0. The molecule has 2 rings (SSSR count). The van der Waals surface area contributed by atoms with Crippen molar-refractivity contribution < 1.29 is 17.6 Å². The van der Waals surface area contributed by atoms with Gasteiger partial charge in [-0.05, 0) is 30.7 Å². The van der Waals surface area contributed by atoms with E-state index in [0.717, 1.165) is 18.3 Å². The number of aryl methyl sites for hydroxylation is 2. The van der Waals surface area contributed by atoms with Crippen LogP contribution in [0.15, 0.2) is 24.4 Å². The molecule has 0 aliphatic carbocycles. The van der Waals surface area contributed by atoms with Crippen molar-refractivity contribution in [3.63, 3.8) is 0 Å². The van der Waals surface area contributed by atoms with Crippen molar-refractivity contribution in [1.29, 1.82) is 0 Å². The molecule has 0 saturated carbocycles. The Morgan fingerprint density at radius 2 is 1.79 bits per heavy atom. The number of halogens is 5. The van der Waals surface area contributed by atoms with Crippen LogP contribution in [0.4, 0.5) is 17.6 Å².